The number of nitrogens with zero attached hydrogens (tertiary/aromatic N) is 6. The lowest BCUT2D eigenvalue weighted by Gasteiger charge is -2.34. The Morgan fingerprint density at radius 2 is 1.75 bits per heavy atom. The molecular formula is C21H24FN7O3. The van der Waals surface area contributed by atoms with Gasteiger partial charge in [-0.25, -0.2) is 9.18 Å². The molecule has 0 unspecified atom stereocenters. The number of ether oxygens (including phenoxy) is 2. The number of anilines is 1. The smallest absolute Gasteiger partial charge is 0.322 e. The lowest BCUT2D eigenvalue weighted by molar-refractivity contribution is 0.140. The number of amides is 2. The van der Waals surface area contributed by atoms with Gasteiger partial charge in [0.15, 0.2) is 5.82 Å². The van der Waals surface area contributed by atoms with Crippen LogP contribution in [0, 0.1) is 5.82 Å². The molecule has 0 bridgehead atoms. The Hall–Kier alpha value is -3.73. The van der Waals surface area contributed by atoms with Crippen LogP contribution in [0.1, 0.15) is 5.82 Å². The van der Waals surface area contributed by atoms with Crippen LogP contribution in [0.5, 0.6) is 11.5 Å². The summed E-state index contributed by atoms with van der Waals surface area (Å²) in [6.07, 6.45) is 0. The number of nitrogens with one attached hydrogen (secondary N) is 1. The highest BCUT2D eigenvalue weighted by atomic mass is 19.1. The predicted molar refractivity (Wildman–Crippen MR) is 115 cm³/mol. The first-order valence-corrected chi connectivity index (χ1v) is 10.1. The van der Waals surface area contributed by atoms with Gasteiger partial charge in [-0.15, -0.1) is 5.10 Å². The Morgan fingerprint density at radius 3 is 2.41 bits per heavy atom. The van der Waals surface area contributed by atoms with E-state index in [-0.39, 0.29) is 11.8 Å². The van der Waals surface area contributed by atoms with E-state index in [1.165, 1.54) is 16.8 Å². The molecule has 2 aromatic carbocycles. The zero-order valence-electron chi connectivity index (χ0n) is 17.9. The first-order chi connectivity index (χ1) is 15.6. The van der Waals surface area contributed by atoms with Crippen LogP contribution in [-0.2, 0) is 6.54 Å². The zero-order valence-corrected chi connectivity index (χ0v) is 17.9. The molecule has 1 saturated heterocycles. The monoisotopic (exact) mass is 441 g/mol. The molecule has 1 fully saturated rings. The lowest BCUT2D eigenvalue weighted by atomic mass is 10.2. The summed E-state index contributed by atoms with van der Waals surface area (Å²) in [4.78, 5) is 16.7. The summed E-state index contributed by atoms with van der Waals surface area (Å²) < 4.78 is 25.8. The van der Waals surface area contributed by atoms with Gasteiger partial charge in [-0.2, -0.15) is 4.68 Å². The fraction of sp³-hybridized carbons (Fsp3) is 0.333. The minimum Gasteiger partial charge on any atom is -0.494 e. The number of methoxy groups -OCH3 is 2. The molecule has 3 aromatic rings. The number of hydrogen-bond acceptors (Lipinski definition) is 7. The number of halogens is 1. The fourth-order valence-corrected chi connectivity index (χ4v) is 3.58. The van der Waals surface area contributed by atoms with Crippen molar-refractivity contribution >= 4 is 11.7 Å². The van der Waals surface area contributed by atoms with Gasteiger partial charge in [0.25, 0.3) is 0 Å². The molecule has 4 rings (SSSR count). The van der Waals surface area contributed by atoms with Gasteiger partial charge in [-0.3, -0.25) is 4.90 Å². The summed E-state index contributed by atoms with van der Waals surface area (Å²) in [5.74, 6) is 1.31. The summed E-state index contributed by atoms with van der Waals surface area (Å²) in [7, 11) is 3.08. The maximum atomic E-state index is 13.6. The first kappa shape index (κ1) is 21.5. The second kappa shape index (κ2) is 9.60. The average molecular weight is 441 g/mol. The van der Waals surface area contributed by atoms with Gasteiger partial charge in [-0.05, 0) is 40.8 Å². The van der Waals surface area contributed by atoms with E-state index in [0.717, 1.165) is 0 Å². The van der Waals surface area contributed by atoms with E-state index in [0.29, 0.717) is 61.4 Å². The number of piperazine rings is 1. The predicted octanol–water partition coefficient (Wildman–Crippen LogP) is 2.17. The fourth-order valence-electron chi connectivity index (χ4n) is 3.58. The van der Waals surface area contributed by atoms with Gasteiger partial charge in [0.1, 0.15) is 23.0 Å². The van der Waals surface area contributed by atoms with Gasteiger partial charge in [0.2, 0.25) is 0 Å². The van der Waals surface area contributed by atoms with Crippen LogP contribution in [0.25, 0.3) is 5.69 Å². The standard InChI is InChI=1S/C21H24FN7O3/c1-31-17-7-4-8-18(32-2)20(17)23-21(30)28-11-9-27(10-12-28)14-19-24-25-26-29(19)16-6-3-5-15(22)13-16/h3-8,13H,9-12,14H2,1-2H3,(H,23,30). The zero-order chi connectivity index (χ0) is 22.5. The third-order valence-corrected chi connectivity index (χ3v) is 5.27. The molecule has 1 aromatic heterocycles. The number of rotatable bonds is 6. The number of carbonyl (C=O) groups excluding carboxylic acids is 1. The largest absolute Gasteiger partial charge is 0.494 e. The van der Waals surface area contributed by atoms with Crippen LogP contribution in [0.15, 0.2) is 42.5 Å². The molecular weight excluding hydrogens is 417 g/mol. The molecule has 1 aliphatic rings. The van der Waals surface area contributed by atoms with Crippen molar-refractivity contribution in [2.75, 3.05) is 45.7 Å². The summed E-state index contributed by atoms with van der Waals surface area (Å²) in [6, 6.07) is 11.2. The van der Waals surface area contributed by atoms with E-state index in [9.17, 15) is 9.18 Å². The minimum atomic E-state index is -0.352. The Morgan fingerprint density at radius 1 is 1.06 bits per heavy atom. The van der Waals surface area contributed by atoms with E-state index in [2.05, 4.69) is 25.7 Å². The third-order valence-electron chi connectivity index (χ3n) is 5.27. The first-order valence-electron chi connectivity index (χ1n) is 10.1. The van der Waals surface area contributed by atoms with Crippen LogP contribution in [0.2, 0.25) is 0 Å². The maximum Gasteiger partial charge on any atom is 0.322 e. The van der Waals surface area contributed by atoms with Gasteiger partial charge >= 0.3 is 6.03 Å². The van der Waals surface area contributed by atoms with Crippen molar-refractivity contribution < 1.29 is 18.7 Å². The van der Waals surface area contributed by atoms with Crippen molar-refractivity contribution in [1.82, 2.24) is 30.0 Å². The van der Waals surface area contributed by atoms with E-state index in [1.807, 2.05) is 0 Å². The number of benzene rings is 2. The van der Waals surface area contributed by atoms with Crippen LogP contribution in [0.4, 0.5) is 14.9 Å². The van der Waals surface area contributed by atoms with Gasteiger partial charge in [-0.1, -0.05) is 12.1 Å². The molecule has 11 heteroatoms. The summed E-state index contributed by atoms with van der Waals surface area (Å²) in [5.41, 5.74) is 1.06. The number of hydrogen-bond donors (Lipinski definition) is 1. The molecule has 0 saturated carbocycles. The van der Waals surface area contributed by atoms with Crippen molar-refractivity contribution in [2.24, 2.45) is 0 Å². The highest BCUT2D eigenvalue weighted by Gasteiger charge is 2.24. The van der Waals surface area contributed by atoms with Gasteiger partial charge in [0.05, 0.1) is 26.5 Å². The molecule has 0 aliphatic carbocycles. The van der Waals surface area contributed by atoms with Crippen LogP contribution < -0.4 is 14.8 Å². The second-order valence-corrected chi connectivity index (χ2v) is 7.22. The van der Waals surface area contributed by atoms with Crippen molar-refractivity contribution in [1.29, 1.82) is 0 Å². The van der Waals surface area contributed by atoms with Gasteiger partial charge < -0.3 is 19.7 Å². The molecule has 2 heterocycles. The van der Waals surface area contributed by atoms with Crippen molar-refractivity contribution in [3.63, 3.8) is 0 Å². The van der Waals surface area contributed by atoms with Crippen molar-refractivity contribution in [2.45, 2.75) is 6.54 Å². The Bertz CT molecular complexity index is 1060. The van der Waals surface area contributed by atoms with E-state index in [4.69, 9.17) is 9.47 Å². The molecule has 1 aliphatic heterocycles. The summed E-state index contributed by atoms with van der Waals surface area (Å²) in [6.45, 7) is 2.84. The molecule has 2 amide bonds. The van der Waals surface area contributed by atoms with Gasteiger partial charge in [0, 0.05) is 26.2 Å². The molecule has 0 atom stereocenters. The molecule has 32 heavy (non-hydrogen) atoms. The SMILES string of the molecule is COc1cccc(OC)c1NC(=O)N1CCN(Cc2nnnn2-c2cccc(F)c2)CC1. The van der Waals surface area contributed by atoms with Crippen molar-refractivity contribution in [3.05, 3.63) is 54.1 Å². The minimum absolute atomic E-state index is 0.225. The molecule has 0 spiro atoms. The Labute approximate surface area is 184 Å². The third kappa shape index (κ3) is 4.62. The Balaban J connectivity index is 1.37. The highest BCUT2D eigenvalue weighted by Crippen LogP contribution is 2.34. The number of para-hydroxylation sites is 1. The topological polar surface area (TPSA) is 97.6 Å². The van der Waals surface area contributed by atoms with Crippen LogP contribution in [-0.4, -0.2) is 76.4 Å². The number of urea groups is 1. The van der Waals surface area contributed by atoms with E-state index >= 15 is 0 Å². The van der Waals surface area contributed by atoms with Crippen LogP contribution >= 0.6 is 0 Å². The molecule has 1 N–H and O–H groups in total. The van der Waals surface area contributed by atoms with E-state index < -0.39 is 0 Å². The number of aromatic nitrogens is 4. The molecule has 10 nitrogen and oxygen atoms in total. The summed E-state index contributed by atoms with van der Waals surface area (Å²) >= 11 is 0. The second-order valence-electron chi connectivity index (χ2n) is 7.22. The number of tetrazole rings is 1. The summed E-state index contributed by atoms with van der Waals surface area (Å²) in [5, 5.41) is 14.7. The lowest BCUT2D eigenvalue weighted by Crippen LogP contribution is -2.49. The molecule has 168 valence electrons. The van der Waals surface area contributed by atoms with Crippen LogP contribution in [0.3, 0.4) is 0 Å². The highest BCUT2D eigenvalue weighted by molar-refractivity contribution is 5.93. The maximum absolute atomic E-state index is 13.6. The molecule has 0 radical (unpaired) electrons. The quantitative estimate of drug-likeness (QED) is 0.626. The number of carbonyl (C=O) groups is 1. The normalized spacial score (nSPS) is 14.3. The van der Waals surface area contributed by atoms with E-state index in [1.54, 1.807) is 49.5 Å². The average Bonchev–Trinajstić information content (AvgIpc) is 3.27. The Kier molecular flexibility index (Phi) is 6.45. The van der Waals surface area contributed by atoms with Crippen molar-refractivity contribution in [3.8, 4) is 17.2 Å².